The number of rotatable bonds is 5. The molecule has 5 rings (SSSR count). The quantitative estimate of drug-likeness (QED) is 0.534. The number of anilines is 4. The summed E-state index contributed by atoms with van der Waals surface area (Å²) in [5, 5.41) is 21.1. The number of aliphatic hydroxyl groups is 1. The van der Waals surface area contributed by atoms with E-state index in [0.717, 1.165) is 10.9 Å². The standard InChI is InChI=1S/C21H26FN9O2/c1-12(2)31-15-9-18(25-10-13(15)19(28-31)30-8-6-24-21(30)33)26-17-3-5-23-20(27-17)29-7-4-16(32)14(22)11-29/h3,5,9-10,12,14,16,32H,4,6-8,11H2,1-2H3,(H,24,33)(H,23,25,26,27)/t14-,16+/m1/s1. The number of aliphatic hydroxyl groups excluding tert-OH is 1. The molecule has 2 fully saturated rings. The van der Waals surface area contributed by atoms with Crippen molar-refractivity contribution in [3.63, 3.8) is 0 Å². The van der Waals surface area contributed by atoms with Crippen molar-refractivity contribution in [2.45, 2.75) is 38.6 Å². The van der Waals surface area contributed by atoms with E-state index in [1.54, 1.807) is 28.3 Å². The van der Waals surface area contributed by atoms with Gasteiger partial charge in [0.25, 0.3) is 0 Å². The second kappa shape index (κ2) is 8.43. The number of carbonyl (C=O) groups excluding carboxylic acids is 1. The minimum Gasteiger partial charge on any atom is -0.390 e. The second-order valence-electron chi connectivity index (χ2n) is 8.52. The summed E-state index contributed by atoms with van der Waals surface area (Å²) in [4.78, 5) is 28.8. The fraction of sp³-hybridized carbons (Fsp3) is 0.476. The van der Waals surface area contributed by atoms with E-state index in [0.29, 0.717) is 49.5 Å². The van der Waals surface area contributed by atoms with Gasteiger partial charge in [-0.2, -0.15) is 10.1 Å². The zero-order valence-corrected chi connectivity index (χ0v) is 18.4. The van der Waals surface area contributed by atoms with Crippen LogP contribution < -0.4 is 20.4 Å². The summed E-state index contributed by atoms with van der Waals surface area (Å²) >= 11 is 0. The van der Waals surface area contributed by atoms with Gasteiger partial charge in [0.05, 0.1) is 23.6 Å². The fourth-order valence-corrected chi connectivity index (χ4v) is 4.13. The van der Waals surface area contributed by atoms with E-state index >= 15 is 0 Å². The zero-order valence-electron chi connectivity index (χ0n) is 18.4. The third-order valence-corrected chi connectivity index (χ3v) is 5.86. The molecule has 0 unspecified atom stereocenters. The van der Waals surface area contributed by atoms with E-state index < -0.39 is 12.3 Å². The molecule has 0 spiro atoms. The average Bonchev–Trinajstić information content (AvgIpc) is 3.38. The van der Waals surface area contributed by atoms with Crippen molar-refractivity contribution in [3.05, 3.63) is 24.5 Å². The first-order chi connectivity index (χ1) is 15.9. The summed E-state index contributed by atoms with van der Waals surface area (Å²) in [5.74, 6) is 2.06. The smallest absolute Gasteiger partial charge is 0.323 e. The van der Waals surface area contributed by atoms with Gasteiger partial charge < -0.3 is 20.6 Å². The van der Waals surface area contributed by atoms with Crippen LogP contribution in [0.2, 0.25) is 0 Å². The van der Waals surface area contributed by atoms with Gasteiger partial charge in [-0.25, -0.2) is 19.2 Å². The van der Waals surface area contributed by atoms with Crippen LogP contribution in [-0.4, -0.2) is 74.3 Å². The Morgan fingerprint density at radius 2 is 2.12 bits per heavy atom. The number of fused-ring (bicyclic) bond motifs is 1. The first-order valence-electron chi connectivity index (χ1n) is 11.0. The molecule has 12 heteroatoms. The summed E-state index contributed by atoms with van der Waals surface area (Å²) in [5.41, 5.74) is 0.844. The fourth-order valence-electron chi connectivity index (χ4n) is 4.13. The average molecular weight is 455 g/mol. The third kappa shape index (κ3) is 4.01. The number of alkyl halides is 1. The molecule has 11 nitrogen and oxygen atoms in total. The molecule has 5 heterocycles. The summed E-state index contributed by atoms with van der Waals surface area (Å²) in [7, 11) is 0. The Kier molecular flexibility index (Phi) is 5.44. The summed E-state index contributed by atoms with van der Waals surface area (Å²) in [6.07, 6.45) is 1.36. The van der Waals surface area contributed by atoms with Crippen LogP contribution in [0.3, 0.4) is 0 Å². The van der Waals surface area contributed by atoms with Crippen molar-refractivity contribution < 1.29 is 14.3 Å². The van der Waals surface area contributed by atoms with Gasteiger partial charge in [0.2, 0.25) is 5.95 Å². The molecule has 0 saturated carbocycles. The van der Waals surface area contributed by atoms with Gasteiger partial charge in [-0.3, -0.25) is 9.58 Å². The molecule has 2 atom stereocenters. The van der Waals surface area contributed by atoms with Crippen molar-refractivity contribution in [1.82, 2.24) is 30.0 Å². The van der Waals surface area contributed by atoms with Gasteiger partial charge in [0, 0.05) is 44.1 Å². The van der Waals surface area contributed by atoms with E-state index in [9.17, 15) is 14.3 Å². The molecule has 2 amide bonds. The van der Waals surface area contributed by atoms with Crippen LogP contribution in [0.1, 0.15) is 26.3 Å². The molecule has 3 aromatic rings. The van der Waals surface area contributed by atoms with E-state index in [1.807, 2.05) is 24.6 Å². The number of halogens is 1. The lowest BCUT2D eigenvalue weighted by atomic mass is 10.1. The predicted molar refractivity (Wildman–Crippen MR) is 122 cm³/mol. The lowest BCUT2D eigenvalue weighted by molar-refractivity contribution is 0.0612. The molecular weight excluding hydrogens is 429 g/mol. The maximum absolute atomic E-state index is 13.9. The van der Waals surface area contributed by atoms with Gasteiger partial charge >= 0.3 is 6.03 Å². The summed E-state index contributed by atoms with van der Waals surface area (Å²) < 4.78 is 15.8. The molecule has 0 aliphatic carbocycles. The largest absolute Gasteiger partial charge is 0.390 e. The molecule has 2 saturated heterocycles. The SMILES string of the molecule is CC(C)n1nc(N2CCNC2=O)c2cnc(Nc3ccnc(N4CC[C@H](O)[C@H](F)C4)n3)cc21. The number of piperidine rings is 1. The minimum absolute atomic E-state index is 0.0508. The van der Waals surface area contributed by atoms with Crippen LogP contribution in [-0.2, 0) is 0 Å². The van der Waals surface area contributed by atoms with Crippen molar-refractivity contribution >= 4 is 40.3 Å². The van der Waals surface area contributed by atoms with Gasteiger partial charge in [0.15, 0.2) is 5.82 Å². The molecule has 0 aromatic carbocycles. The number of pyridine rings is 1. The topological polar surface area (TPSA) is 124 Å². The van der Waals surface area contributed by atoms with Crippen molar-refractivity contribution in [1.29, 1.82) is 0 Å². The maximum atomic E-state index is 13.9. The lowest BCUT2D eigenvalue weighted by Gasteiger charge is -2.32. The minimum atomic E-state index is -1.33. The molecule has 0 radical (unpaired) electrons. The number of carbonyl (C=O) groups is 1. The van der Waals surface area contributed by atoms with Gasteiger partial charge in [-0.05, 0) is 26.3 Å². The van der Waals surface area contributed by atoms with Crippen LogP contribution in [0.4, 0.5) is 32.6 Å². The van der Waals surface area contributed by atoms with Gasteiger partial charge in [-0.1, -0.05) is 0 Å². The number of amides is 2. The molecule has 3 N–H and O–H groups in total. The Balaban J connectivity index is 1.43. The molecule has 0 bridgehead atoms. The van der Waals surface area contributed by atoms with Crippen molar-refractivity contribution in [2.75, 3.05) is 41.3 Å². The zero-order chi connectivity index (χ0) is 23.1. The number of hydrogen-bond donors (Lipinski definition) is 3. The van der Waals surface area contributed by atoms with E-state index in [4.69, 9.17) is 0 Å². The van der Waals surface area contributed by atoms with Crippen molar-refractivity contribution in [2.24, 2.45) is 0 Å². The Morgan fingerprint density at radius 3 is 2.85 bits per heavy atom. The van der Waals surface area contributed by atoms with Crippen LogP contribution in [0.25, 0.3) is 10.9 Å². The predicted octanol–water partition coefficient (Wildman–Crippen LogP) is 1.98. The highest BCUT2D eigenvalue weighted by molar-refractivity contribution is 6.02. The molecule has 33 heavy (non-hydrogen) atoms. The normalized spacial score (nSPS) is 21.2. The first kappa shape index (κ1) is 21.3. The number of hydrogen-bond acceptors (Lipinski definition) is 8. The summed E-state index contributed by atoms with van der Waals surface area (Å²) in [6.45, 7) is 5.72. The Labute approximate surface area is 189 Å². The van der Waals surface area contributed by atoms with Crippen molar-refractivity contribution in [3.8, 4) is 0 Å². The number of nitrogens with zero attached hydrogens (tertiary/aromatic N) is 7. The highest BCUT2D eigenvalue weighted by Gasteiger charge is 2.29. The van der Waals surface area contributed by atoms with E-state index in [1.165, 1.54) is 0 Å². The Morgan fingerprint density at radius 1 is 1.27 bits per heavy atom. The highest BCUT2D eigenvalue weighted by atomic mass is 19.1. The Bertz CT molecular complexity index is 1180. The Hall–Kier alpha value is -3.54. The molecular formula is C21H26FN9O2. The molecule has 2 aliphatic rings. The third-order valence-electron chi connectivity index (χ3n) is 5.86. The monoisotopic (exact) mass is 455 g/mol. The molecule has 3 aromatic heterocycles. The first-order valence-corrected chi connectivity index (χ1v) is 11.0. The lowest BCUT2D eigenvalue weighted by Crippen LogP contribution is -2.45. The van der Waals surface area contributed by atoms with Crippen LogP contribution >= 0.6 is 0 Å². The maximum Gasteiger partial charge on any atom is 0.323 e. The van der Waals surface area contributed by atoms with Crippen LogP contribution in [0.5, 0.6) is 0 Å². The molecule has 2 aliphatic heterocycles. The number of aromatic nitrogens is 5. The van der Waals surface area contributed by atoms with E-state index in [-0.39, 0.29) is 18.6 Å². The summed E-state index contributed by atoms with van der Waals surface area (Å²) in [6, 6.07) is 3.50. The van der Waals surface area contributed by atoms with Gasteiger partial charge in [-0.15, -0.1) is 0 Å². The number of nitrogens with one attached hydrogen (secondary N) is 2. The molecule has 174 valence electrons. The van der Waals surface area contributed by atoms with Crippen LogP contribution in [0.15, 0.2) is 24.5 Å². The van der Waals surface area contributed by atoms with Gasteiger partial charge in [0.1, 0.15) is 17.8 Å². The van der Waals surface area contributed by atoms with Crippen LogP contribution in [0, 0.1) is 0 Å². The second-order valence-corrected chi connectivity index (χ2v) is 8.52. The highest BCUT2D eigenvalue weighted by Crippen LogP contribution is 2.31. The number of urea groups is 1. The van der Waals surface area contributed by atoms with E-state index in [2.05, 4.69) is 30.7 Å².